The standard InChI is InChI=1S/C14H20N2O2/c1-18-9-3-6-14(17)16-13-5-2-4-11-10-15-8-7-12(11)13/h2,4-5,15H,3,6-10H2,1H3,(H,16,17). The number of nitrogens with one attached hydrogen (secondary N) is 2. The van der Waals surface area contributed by atoms with Crippen molar-refractivity contribution in [1.82, 2.24) is 5.32 Å². The quantitative estimate of drug-likeness (QED) is 0.780. The summed E-state index contributed by atoms with van der Waals surface area (Å²) in [6, 6.07) is 6.09. The highest BCUT2D eigenvalue weighted by Gasteiger charge is 2.13. The minimum atomic E-state index is 0.0685. The molecule has 18 heavy (non-hydrogen) atoms. The van der Waals surface area contributed by atoms with Crippen LogP contribution in [0.3, 0.4) is 0 Å². The monoisotopic (exact) mass is 248 g/mol. The van der Waals surface area contributed by atoms with Crippen LogP contribution in [0.5, 0.6) is 0 Å². The van der Waals surface area contributed by atoms with E-state index in [0.29, 0.717) is 13.0 Å². The maximum atomic E-state index is 11.8. The predicted octanol–water partition coefficient (Wildman–Crippen LogP) is 1.70. The summed E-state index contributed by atoms with van der Waals surface area (Å²) < 4.78 is 4.94. The largest absolute Gasteiger partial charge is 0.385 e. The first kappa shape index (κ1) is 13.1. The lowest BCUT2D eigenvalue weighted by Crippen LogP contribution is -2.25. The number of carbonyl (C=O) groups excluding carboxylic acids is 1. The molecule has 0 saturated heterocycles. The zero-order valence-corrected chi connectivity index (χ0v) is 10.8. The van der Waals surface area contributed by atoms with Gasteiger partial charge in [0.2, 0.25) is 5.91 Å². The number of ether oxygens (including phenoxy) is 1. The second kappa shape index (κ2) is 6.52. The summed E-state index contributed by atoms with van der Waals surface area (Å²) in [4.78, 5) is 11.8. The van der Waals surface area contributed by atoms with Gasteiger partial charge in [0.25, 0.3) is 0 Å². The highest BCUT2D eigenvalue weighted by atomic mass is 16.5. The fourth-order valence-electron chi connectivity index (χ4n) is 2.24. The van der Waals surface area contributed by atoms with Gasteiger partial charge in [0.15, 0.2) is 0 Å². The maximum absolute atomic E-state index is 11.8. The number of benzene rings is 1. The Morgan fingerprint density at radius 2 is 2.39 bits per heavy atom. The molecule has 98 valence electrons. The number of hydrogen-bond donors (Lipinski definition) is 2. The number of anilines is 1. The van der Waals surface area contributed by atoms with Gasteiger partial charge >= 0.3 is 0 Å². The van der Waals surface area contributed by atoms with Gasteiger partial charge in [-0.2, -0.15) is 0 Å². The van der Waals surface area contributed by atoms with Crippen molar-refractivity contribution in [3.05, 3.63) is 29.3 Å². The minimum Gasteiger partial charge on any atom is -0.385 e. The Hall–Kier alpha value is -1.39. The smallest absolute Gasteiger partial charge is 0.224 e. The second-order valence-corrected chi connectivity index (χ2v) is 4.51. The van der Waals surface area contributed by atoms with E-state index in [0.717, 1.165) is 31.6 Å². The van der Waals surface area contributed by atoms with Crippen molar-refractivity contribution in [3.63, 3.8) is 0 Å². The third kappa shape index (κ3) is 3.31. The molecular formula is C14H20N2O2. The van der Waals surface area contributed by atoms with Crippen LogP contribution in [0.1, 0.15) is 24.0 Å². The molecule has 0 fully saturated rings. The summed E-state index contributed by atoms with van der Waals surface area (Å²) in [7, 11) is 1.65. The molecular weight excluding hydrogens is 228 g/mol. The number of amides is 1. The number of rotatable bonds is 5. The van der Waals surface area contributed by atoms with E-state index in [1.54, 1.807) is 7.11 Å². The summed E-state index contributed by atoms with van der Waals surface area (Å²) in [6.07, 6.45) is 2.25. The molecule has 0 saturated carbocycles. The molecule has 0 radical (unpaired) electrons. The maximum Gasteiger partial charge on any atom is 0.224 e. The SMILES string of the molecule is COCCCC(=O)Nc1cccc2c1CCNC2. The van der Waals surface area contributed by atoms with Crippen LogP contribution in [0, 0.1) is 0 Å². The van der Waals surface area contributed by atoms with Crippen molar-refractivity contribution in [2.45, 2.75) is 25.8 Å². The summed E-state index contributed by atoms with van der Waals surface area (Å²) in [6.45, 7) is 2.50. The Labute approximate surface area is 108 Å². The number of fused-ring (bicyclic) bond motifs is 1. The number of hydrogen-bond acceptors (Lipinski definition) is 3. The van der Waals surface area contributed by atoms with Crippen molar-refractivity contribution in [2.75, 3.05) is 25.6 Å². The van der Waals surface area contributed by atoms with E-state index >= 15 is 0 Å². The van der Waals surface area contributed by atoms with E-state index in [-0.39, 0.29) is 5.91 Å². The number of carbonyl (C=O) groups is 1. The van der Waals surface area contributed by atoms with Gasteiger partial charge in [-0.05, 0) is 36.6 Å². The van der Waals surface area contributed by atoms with Gasteiger partial charge in [-0.25, -0.2) is 0 Å². The van der Waals surface area contributed by atoms with E-state index in [9.17, 15) is 4.79 Å². The fraction of sp³-hybridized carbons (Fsp3) is 0.500. The van der Waals surface area contributed by atoms with E-state index in [1.807, 2.05) is 12.1 Å². The van der Waals surface area contributed by atoms with Crippen LogP contribution in [0.4, 0.5) is 5.69 Å². The molecule has 0 unspecified atom stereocenters. The summed E-state index contributed by atoms with van der Waals surface area (Å²) in [5.41, 5.74) is 3.53. The van der Waals surface area contributed by atoms with E-state index in [2.05, 4.69) is 16.7 Å². The van der Waals surface area contributed by atoms with Gasteiger partial charge in [0.05, 0.1) is 0 Å². The van der Waals surface area contributed by atoms with E-state index in [4.69, 9.17) is 4.74 Å². The van der Waals surface area contributed by atoms with Gasteiger partial charge in [-0.15, -0.1) is 0 Å². The molecule has 4 heteroatoms. The summed E-state index contributed by atoms with van der Waals surface area (Å²) >= 11 is 0. The molecule has 2 N–H and O–H groups in total. The van der Waals surface area contributed by atoms with Crippen molar-refractivity contribution in [3.8, 4) is 0 Å². The molecule has 1 amide bonds. The van der Waals surface area contributed by atoms with Crippen LogP contribution >= 0.6 is 0 Å². The molecule has 0 spiro atoms. The van der Waals surface area contributed by atoms with Gasteiger partial charge in [-0.1, -0.05) is 12.1 Å². The molecule has 1 aromatic rings. The second-order valence-electron chi connectivity index (χ2n) is 4.51. The molecule has 1 heterocycles. The molecule has 0 bridgehead atoms. The lowest BCUT2D eigenvalue weighted by atomic mass is 9.99. The number of methoxy groups -OCH3 is 1. The zero-order valence-electron chi connectivity index (χ0n) is 10.8. The first-order valence-corrected chi connectivity index (χ1v) is 6.41. The van der Waals surface area contributed by atoms with Crippen LogP contribution < -0.4 is 10.6 Å². The van der Waals surface area contributed by atoms with Gasteiger partial charge in [0.1, 0.15) is 0 Å². The van der Waals surface area contributed by atoms with Crippen molar-refractivity contribution < 1.29 is 9.53 Å². The van der Waals surface area contributed by atoms with Gasteiger partial charge in [0, 0.05) is 32.4 Å². The molecule has 1 aliphatic heterocycles. The van der Waals surface area contributed by atoms with Crippen LogP contribution in [0.15, 0.2) is 18.2 Å². The van der Waals surface area contributed by atoms with E-state index in [1.165, 1.54) is 11.1 Å². The van der Waals surface area contributed by atoms with Crippen LogP contribution in [0.25, 0.3) is 0 Å². The molecule has 4 nitrogen and oxygen atoms in total. The molecule has 0 atom stereocenters. The predicted molar refractivity (Wildman–Crippen MR) is 71.6 cm³/mol. The molecule has 2 rings (SSSR count). The Bertz CT molecular complexity index is 418. The highest BCUT2D eigenvalue weighted by molar-refractivity contribution is 5.91. The Kier molecular flexibility index (Phi) is 4.73. The Morgan fingerprint density at radius 3 is 3.22 bits per heavy atom. The van der Waals surface area contributed by atoms with Crippen molar-refractivity contribution in [1.29, 1.82) is 0 Å². The summed E-state index contributed by atoms with van der Waals surface area (Å²) in [5, 5.41) is 6.34. The third-order valence-corrected chi connectivity index (χ3v) is 3.17. The highest BCUT2D eigenvalue weighted by Crippen LogP contribution is 2.23. The van der Waals surface area contributed by atoms with Crippen molar-refractivity contribution >= 4 is 11.6 Å². The molecule has 0 aliphatic carbocycles. The zero-order chi connectivity index (χ0) is 12.8. The van der Waals surface area contributed by atoms with Crippen LogP contribution in [-0.2, 0) is 22.5 Å². The average Bonchev–Trinajstić information content (AvgIpc) is 2.39. The van der Waals surface area contributed by atoms with Gasteiger partial charge < -0.3 is 15.4 Å². The van der Waals surface area contributed by atoms with Crippen molar-refractivity contribution in [2.24, 2.45) is 0 Å². The normalized spacial score (nSPS) is 14.1. The first-order valence-electron chi connectivity index (χ1n) is 6.41. The Morgan fingerprint density at radius 1 is 1.50 bits per heavy atom. The van der Waals surface area contributed by atoms with Crippen LogP contribution in [0.2, 0.25) is 0 Å². The summed E-state index contributed by atoms with van der Waals surface area (Å²) in [5.74, 6) is 0.0685. The average molecular weight is 248 g/mol. The topological polar surface area (TPSA) is 50.4 Å². The van der Waals surface area contributed by atoms with Gasteiger partial charge in [-0.3, -0.25) is 4.79 Å². The molecule has 1 aliphatic rings. The van der Waals surface area contributed by atoms with Crippen LogP contribution in [-0.4, -0.2) is 26.2 Å². The minimum absolute atomic E-state index is 0.0685. The fourth-order valence-corrected chi connectivity index (χ4v) is 2.24. The van der Waals surface area contributed by atoms with E-state index < -0.39 is 0 Å². The molecule has 0 aromatic heterocycles. The lowest BCUT2D eigenvalue weighted by Gasteiger charge is -2.20. The Balaban J connectivity index is 1.98. The third-order valence-electron chi connectivity index (χ3n) is 3.17. The molecule has 1 aromatic carbocycles. The lowest BCUT2D eigenvalue weighted by molar-refractivity contribution is -0.116. The first-order chi connectivity index (χ1) is 8.81.